The van der Waals surface area contributed by atoms with Crippen LogP contribution in [0.4, 0.5) is 0 Å². The van der Waals surface area contributed by atoms with Gasteiger partial charge >= 0.3 is 0 Å². The quantitative estimate of drug-likeness (QED) is 0.612. The molecule has 1 atom stereocenters. The van der Waals surface area contributed by atoms with Gasteiger partial charge in [-0.15, -0.1) is 0 Å². The van der Waals surface area contributed by atoms with E-state index < -0.39 is 9.84 Å². The number of hydrogen-bond donors (Lipinski definition) is 1. The molecule has 1 aliphatic heterocycles. The summed E-state index contributed by atoms with van der Waals surface area (Å²) in [6.07, 6.45) is 4.16. The molecule has 2 aliphatic rings. The molecule has 9 heteroatoms. The van der Waals surface area contributed by atoms with Gasteiger partial charge in [0.05, 0.1) is 23.7 Å². The van der Waals surface area contributed by atoms with Gasteiger partial charge in [-0.1, -0.05) is 23.7 Å². The number of aryl methyl sites for hydroxylation is 2. The van der Waals surface area contributed by atoms with Crippen LogP contribution in [0.3, 0.4) is 0 Å². The number of hydrogen-bond acceptors (Lipinski definition) is 5. The molecule has 32 heavy (non-hydrogen) atoms. The predicted octanol–water partition coefficient (Wildman–Crippen LogP) is 3.42. The Morgan fingerprint density at radius 2 is 2.06 bits per heavy atom. The van der Waals surface area contributed by atoms with E-state index in [1.807, 2.05) is 35.9 Å². The molecule has 7 nitrogen and oxygen atoms in total. The van der Waals surface area contributed by atoms with Crippen molar-refractivity contribution in [1.29, 1.82) is 0 Å². The van der Waals surface area contributed by atoms with Crippen LogP contribution in [0.2, 0.25) is 5.02 Å². The number of fused-ring (bicyclic) bond motifs is 3. The molecule has 0 radical (unpaired) electrons. The fraction of sp³-hybridized carbons (Fsp3) is 0.391. The van der Waals surface area contributed by atoms with Gasteiger partial charge in [0.2, 0.25) is 0 Å². The third-order valence-corrected chi connectivity index (χ3v) is 8.35. The first-order chi connectivity index (χ1) is 15.3. The van der Waals surface area contributed by atoms with Gasteiger partial charge < -0.3 is 9.73 Å². The van der Waals surface area contributed by atoms with Gasteiger partial charge in [-0.25, -0.2) is 8.42 Å². The molecule has 0 bridgehead atoms. The molecule has 1 aliphatic carbocycles. The van der Waals surface area contributed by atoms with E-state index in [0.29, 0.717) is 31.0 Å². The van der Waals surface area contributed by atoms with E-state index in [2.05, 4.69) is 11.5 Å². The van der Waals surface area contributed by atoms with E-state index in [-0.39, 0.29) is 29.1 Å². The number of halogens is 1. The Balaban J connectivity index is 1.35. The number of sulfone groups is 1. The van der Waals surface area contributed by atoms with E-state index in [1.54, 1.807) is 0 Å². The average molecular weight is 474 g/mol. The van der Waals surface area contributed by atoms with E-state index >= 15 is 0 Å². The summed E-state index contributed by atoms with van der Waals surface area (Å²) in [6.45, 7) is 2.85. The lowest BCUT2D eigenvalue weighted by molar-refractivity contribution is 0.0918. The molecule has 2 aromatic heterocycles. The van der Waals surface area contributed by atoms with Crippen LogP contribution in [0.25, 0.3) is 11.3 Å². The maximum absolute atomic E-state index is 12.8. The zero-order chi connectivity index (χ0) is 22.5. The highest BCUT2D eigenvalue weighted by Crippen LogP contribution is 2.38. The summed E-state index contributed by atoms with van der Waals surface area (Å²) >= 11 is 5.98. The normalized spacial score (nSPS) is 18.9. The van der Waals surface area contributed by atoms with Crippen molar-refractivity contribution < 1.29 is 17.6 Å². The van der Waals surface area contributed by atoms with Crippen molar-refractivity contribution in [3.05, 3.63) is 63.7 Å². The minimum Gasteiger partial charge on any atom is -0.455 e. The number of nitrogens with one attached hydrogen (secondary N) is 1. The molecule has 5 rings (SSSR count). The Morgan fingerprint density at radius 1 is 1.28 bits per heavy atom. The van der Waals surface area contributed by atoms with E-state index in [4.69, 9.17) is 21.1 Å². The standard InChI is InChI=1S/C23H24ClN3O4S/c1-14-20-19(31-22(14)23(28)25-10-16-8-9-32(29,30)13-16)7-4-17-12-27(26-21(17)20)11-15-2-5-18(24)6-3-15/h2-3,5-6,12,16H,4,7-11,13H2,1H3,(H,25,28). The van der Waals surface area contributed by atoms with Crippen molar-refractivity contribution in [3.63, 3.8) is 0 Å². The Kier molecular flexibility index (Phi) is 5.37. The maximum Gasteiger partial charge on any atom is 0.287 e. The second kappa shape index (κ2) is 8.08. The van der Waals surface area contributed by atoms with Gasteiger partial charge in [0.1, 0.15) is 5.76 Å². The summed E-state index contributed by atoms with van der Waals surface area (Å²) in [5.74, 6) is 1.06. The summed E-state index contributed by atoms with van der Waals surface area (Å²) in [5, 5.41) is 8.36. The SMILES string of the molecule is Cc1c(C(=O)NCC2CCS(=O)(=O)C2)oc2c1-c1nn(Cc3ccc(Cl)cc3)cc1CC2. The van der Waals surface area contributed by atoms with Gasteiger partial charge in [-0.3, -0.25) is 9.48 Å². The second-order valence-electron chi connectivity index (χ2n) is 8.66. The second-order valence-corrected chi connectivity index (χ2v) is 11.3. The van der Waals surface area contributed by atoms with Crippen LogP contribution < -0.4 is 5.32 Å². The zero-order valence-corrected chi connectivity index (χ0v) is 19.3. The molecule has 3 heterocycles. The van der Waals surface area contributed by atoms with E-state index in [1.165, 1.54) is 0 Å². The maximum atomic E-state index is 12.8. The molecular weight excluding hydrogens is 450 g/mol. The fourth-order valence-corrected chi connectivity index (χ4v) is 6.58. The number of furan rings is 1. The number of aromatic nitrogens is 2. The van der Waals surface area contributed by atoms with Crippen LogP contribution in [0.15, 0.2) is 34.9 Å². The highest BCUT2D eigenvalue weighted by Gasteiger charge is 2.31. The first-order valence-corrected chi connectivity index (χ1v) is 12.9. The molecule has 1 fully saturated rings. The minimum absolute atomic E-state index is 0.0380. The van der Waals surface area contributed by atoms with Crippen LogP contribution >= 0.6 is 11.6 Å². The number of benzene rings is 1. The third-order valence-electron chi connectivity index (χ3n) is 6.26. The fourth-order valence-electron chi connectivity index (χ4n) is 4.59. The predicted molar refractivity (Wildman–Crippen MR) is 122 cm³/mol. The zero-order valence-electron chi connectivity index (χ0n) is 17.7. The largest absolute Gasteiger partial charge is 0.455 e. The van der Waals surface area contributed by atoms with Crippen LogP contribution in [0.5, 0.6) is 0 Å². The first kappa shape index (κ1) is 21.3. The molecule has 168 valence electrons. The molecule has 3 aromatic rings. The Bertz CT molecular complexity index is 1290. The van der Waals surface area contributed by atoms with Crippen LogP contribution in [0.1, 0.15) is 39.4 Å². The van der Waals surface area contributed by atoms with E-state index in [0.717, 1.165) is 40.1 Å². The van der Waals surface area contributed by atoms with Gasteiger partial charge in [-0.05, 0) is 48.9 Å². The number of rotatable bonds is 5. The summed E-state index contributed by atoms with van der Waals surface area (Å²) in [7, 11) is -2.97. The lowest BCUT2D eigenvalue weighted by Gasteiger charge is -2.09. The number of amides is 1. The van der Waals surface area contributed by atoms with Crippen molar-refractivity contribution in [3.8, 4) is 11.3 Å². The Labute approximate surface area is 191 Å². The summed E-state index contributed by atoms with van der Waals surface area (Å²) in [4.78, 5) is 12.8. The number of carbonyl (C=O) groups is 1. The molecular formula is C23H24ClN3O4S. The lowest BCUT2D eigenvalue weighted by Crippen LogP contribution is -2.30. The van der Waals surface area contributed by atoms with Gasteiger partial charge in [0.15, 0.2) is 15.6 Å². The highest BCUT2D eigenvalue weighted by molar-refractivity contribution is 7.91. The van der Waals surface area contributed by atoms with Crippen LogP contribution in [-0.4, -0.2) is 42.2 Å². The average Bonchev–Trinajstić information content (AvgIpc) is 3.42. The molecule has 0 spiro atoms. The van der Waals surface area contributed by atoms with Crippen molar-refractivity contribution in [2.75, 3.05) is 18.1 Å². The van der Waals surface area contributed by atoms with E-state index in [9.17, 15) is 13.2 Å². The number of carbonyl (C=O) groups excluding carboxylic acids is 1. The summed E-state index contributed by atoms with van der Waals surface area (Å²) < 4.78 is 31.2. The van der Waals surface area contributed by atoms with Crippen molar-refractivity contribution >= 4 is 27.3 Å². The first-order valence-electron chi connectivity index (χ1n) is 10.7. The monoisotopic (exact) mass is 473 g/mol. The molecule has 1 amide bonds. The highest BCUT2D eigenvalue weighted by atomic mass is 35.5. The van der Waals surface area contributed by atoms with Crippen molar-refractivity contribution in [2.45, 2.75) is 32.7 Å². The van der Waals surface area contributed by atoms with Gasteiger partial charge in [-0.2, -0.15) is 5.10 Å². The number of nitrogens with zero attached hydrogens (tertiary/aromatic N) is 2. The summed E-state index contributed by atoms with van der Waals surface area (Å²) in [5.41, 5.74) is 4.78. The Hall–Kier alpha value is -2.58. The molecule has 0 saturated carbocycles. The van der Waals surface area contributed by atoms with Gasteiger partial charge in [0, 0.05) is 35.3 Å². The lowest BCUT2D eigenvalue weighted by atomic mass is 9.93. The topological polar surface area (TPSA) is 94.2 Å². The van der Waals surface area contributed by atoms with Gasteiger partial charge in [0.25, 0.3) is 5.91 Å². The smallest absolute Gasteiger partial charge is 0.287 e. The van der Waals surface area contributed by atoms with Crippen molar-refractivity contribution in [2.24, 2.45) is 5.92 Å². The third kappa shape index (κ3) is 4.09. The molecule has 1 saturated heterocycles. The molecule has 1 N–H and O–H groups in total. The summed E-state index contributed by atoms with van der Waals surface area (Å²) in [6, 6.07) is 7.69. The van der Waals surface area contributed by atoms with Crippen LogP contribution in [-0.2, 0) is 29.2 Å². The van der Waals surface area contributed by atoms with Crippen LogP contribution in [0, 0.1) is 12.8 Å². The van der Waals surface area contributed by atoms with Crippen molar-refractivity contribution in [1.82, 2.24) is 15.1 Å². The molecule has 1 aromatic carbocycles. The Morgan fingerprint density at radius 3 is 2.78 bits per heavy atom. The molecule has 1 unspecified atom stereocenters. The minimum atomic E-state index is -2.97.